The van der Waals surface area contributed by atoms with Gasteiger partial charge >= 0.3 is 5.97 Å². The van der Waals surface area contributed by atoms with Crippen molar-refractivity contribution in [2.75, 3.05) is 13.7 Å². The molecule has 5 nitrogen and oxygen atoms in total. The summed E-state index contributed by atoms with van der Waals surface area (Å²) in [6.07, 6.45) is -0.0944. The Labute approximate surface area is 87.7 Å². The number of fused-ring (bicyclic) bond motifs is 2. The van der Waals surface area contributed by atoms with Gasteiger partial charge in [-0.1, -0.05) is 0 Å². The Morgan fingerprint density at radius 3 is 2.80 bits per heavy atom. The number of ketones is 1. The largest absolute Gasteiger partial charge is 0.466 e. The van der Waals surface area contributed by atoms with Crippen molar-refractivity contribution < 1.29 is 23.8 Å². The average molecular weight is 214 g/mol. The molecule has 2 aliphatic heterocycles. The minimum Gasteiger partial charge on any atom is -0.466 e. The molecule has 84 valence electrons. The monoisotopic (exact) mass is 214 g/mol. The minimum absolute atomic E-state index is 0.221. The van der Waals surface area contributed by atoms with Crippen LogP contribution in [0, 0.1) is 0 Å². The van der Waals surface area contributed by atoms with Crippen molar-refractivity contribution in [1.82, 2.24) is 0 Å². The molecular formula is C10H14O5. The Bertz CT molecular complexity index is 312. The number of ether oxygens (including phenoxy) is 3. The molecule has 2 saturated heterocycles. The molecule has 2 atom stereocenters. The van der Waals surface area contributed by atoms with E-state index in [4.69, 9.17) is 9.47 Å². The van der Waals surface area contributed by atoms with Crippen LogP contribution in [-0.2, 0) is 23.8 Å². The minimum atomic E-state index is -1.56. The maximum absolute atomic E-state index is 11.9. The second-order valence-electron chi connectivity index (χ2n) is 4.36. The van der Waals surface area contributed by atoms with E-state index < -0.39 is 17.2 Å². The summed E-state index contributed by atoms with van der Waals surface area (Å²) in [5.74, 6) is -0.915. The van der Waals surface area contributed by atoms with Crippen LogP contribution in [0.5, 0.6) is 0 Å². The molecule has 0 unspecified atom stereocenters. The second-order valence-corrected chi connectivity index (χ2v) is 4.36. The van der Waals surface area contributed by atoms with Crippen molar-refractivity contribution in [1.29, 1.82) is 0 Å². The van der Waals surface area contributed by atoms with Crippen LogP contribution in [0.25, 0.3) is 0 Å². The third-order valence-electron chi connectivity index (χ3n) is 3.10. The molecule has 2 aliphatic rings. The van der Waals surface area contributed by atoms with E-state index in [0.29, 0.717) is 6.61 Å². The van der Waals surface area contributed by atoms with Gasteiger partial charge in [-0.2, -0.15) is 0 Å². The first-order valence-corrected chi connectivity index (χ1v) is 4.87. The topological polar surface area (TPSA) is 61.8 Å². The Morgan fingerprint density at radius 2 is 2.20 bits per heavy atom. The van der Waals surface area contributed by atoms with Gasteiger partial charge in [-0.25, -0.2) is 4.79 Å². The molecule has 0 amide bonds. The third kappa shape index (κ3) is 1.16. The highest BCUT2D eigenvalue weighted by Gasteiger charge is 2.67. The van der Waals surface area contributed by atoms with Gasteiger partial charge in [0.2, 0.25) is 0 Å². The molecule has 0 spiro atoms. The van der Waals surface area contributed by atoms with Crippen LogP contribution < -0.4 is 0 Å². The van der Waals surface area contributed by atoms with E-state index in [-0.39, 0.29) is 18.3 Å². The highest BCUT2D eigenvalue weighted by molar-refractivity contribution is 6.10. The van der Waals surface area contributed by atoms with Crippen LogP contribution in [0.1, 0.15) is 20.3 Å². The fourth-order valence-electron chi connectivity index (χ4n) is 2.23. The third-order valence-corrected chi connectivity index (χ3v) is 3.10. The van der Waals surface area contributed by atoms with Crippen molar-refractivity contribution in [3.63, 3.8) is 0 Å². The van der Waals surface area contributed by atoms with E-state index in [1.165, 1.54) is 7.11 Å². The van der Waals surface area contributed by atoms with Crippen LogP contribution in [0.3, 0.4) is 0 Å². The number of hydrogen-bond donors (Lipinski definition) is 0. The summed E-state index contributed by atoms with van der Waals surface area (Å²) in [5, 5.41) is 0. The molecular weight excluding hydrogens is 200 g/mol. The molecule has 2 rings (SSSR count). The van der Waals surface area contributed by atoms with Crippen LogP contribution in [-0.4, -0.2) is 42.8 Å². The average Bonchev–Trinajstić information content (AvgIpc) is 2.48. The first-order chi connectivity index (χ1) is 6.94. The number of methoxy groups -OCH3 is 1. The number of hydrogen-bond acceptors (Lipinski definition) is 5. The molecule has 5 heteroatoms. The Morgan fingerprint density at radius 1 is 1.53 bits per heavy atom. The lowest BCUT2D eigenvalue weighted by atomic mass is 9.82. The van der Waals surface area contributed by atoms with Crippen molar-refractivity contribution in [3.8, 4) is 0 Å². The molecule has 0 aromatic rings. The summed E-state index contributed by atoms with van der Waals surface area (Å²) >= 11 is 0. The molecule has 0 aromatic heterocycles. The smallest absolute Gasteiger partial charge is 0.349 e. The maximum atomic E-state index is 11.9. The summed E-state index contributed by atoms with van der Waals surface area (Å²) in [5.41, 5.74) is -2.53. The maximum Gasteiger partial charge on any atom is 0.349 e. The predicted molar refractivity (Wildman–Crippen MR) is 49.3 cm³/mol. The quantitative estimate of drug-likeness (QED) is 0.456. The van der Waals surface area contributed by atoms with Gasteiger partial charge in [0.25, 0.3) is 5.60 Å². The molecule has 0 N–H and O–H groups in total. The van der Waals surface area contributed by atoms with Gasteiger partial charge in [-0.15, -0.1) is 0 Å². The fraction of sp³-hybridized carbons (Fsp3) is 0.800. The second kappa shape index (κ2) is 3.02. The van der Waals surface area contributed by atoms with Gasteiger partial charge in [-0.05, 0) is 13.8 Å². The predicted octanol–water partition coefficient (Wildman–Crippen LogP) is 0.0650. The summed E-state index contributed by atoms with van der Waals surface area (Å²) in [4.78, 5) is 23.6. The van der Waals surface area contributed by atoms with Crippen LogP contribution in [0.4, 0.5) is 0 Å². The lowest BCUT2D eigenvalue weighted by Gasteiger charge is -2.42. The van der Waals surface area contributed by atoms with Crippen molar-refractivity contribution in [2.45, 2.75) is 37.6 Å². The Kier molecular flexibility index (Phi) is 2.13. The van der Waals surface area contributed by atoms with E-state index >= 15 is 0 Å². The summed E-state index contributed by atoms with van der Waals surface area (Å²) in [6.45, 7) is 3.68. The van der Waals surface area contributed by atoms with Crippen molar-refractivity contribution in [2.24, 2.45) is 0 Å². The fourth-order valence-corrected chi connectivity index (χ4v) is 2.23. The number of carbonyl (C=O) groups is 2. The molecule has 2 heterocycles. The normalized spacial score (nSPS) is 37.8. The highest BCUT2D eigenvalue weighted by Crippen LogP contribution is 2.43. The van der Waals surface area contributed by atoms with E-state index in [1.54, 1.807) is 13.8 Å². The molecule has 2 bridgehead atoms. The van der Waals surface area contributed by atoms with Crippen LogP contribution >= 0.6 is 0 Å². The SMILES string of the molecule is COC(=O)[C@]12O[C@H](COC1(C)C)CC2=O. The van der Waals surface area contributed by atoms with E-state index in [2.05, 4.69) is 4.74 Å². The van der Waals surface area contributed by atoms with Crippen LogP contribution in [0.15, 0.2) is 0 Å². The zero-order valence-corrected chi connectivity index (χ0v) is 9.03. The number of Topliss-reactive ketones (excluding diaryl/α,β-unsaturated/α-hetero) is 1. The molecule has 0 saturated carbocycles. The molecule has 0 radical (unpaired) electrons. The lowest BCUT2D eigenvalue weighted by Crippen LogP contribution is -2.64. The molecule has 15 heavy (non-hydrogen) atoms. The van der Waals surface area contributed by atoms with Crippen LogP contribution in [0.2, 0.25) is 0 Å². The highest BCUT2D eigenvalue weighted by atomic mass is 16.6. The van der Waals surface area contributed by atoms with Gasteiger partial charge < -0.3 is 14.2 Å². The number of rotatable bonds is 1. The standard InChI is InChI=1S/C10H14O5/c1-9(2)10(8(12)13-3)7(11)4-6(15-10)5-14-9/h6H,4-5H2,1-3H3/t6-,10-/m0/s1. The summed E-state index contributed by atoms with van der Waals surface area (Å²) in [6, 6.07) is 0. The zero-order valence-electron chi connectivity index (χ0n) is 9.03. The summed E-state index contributed by atoms with van der Waals surface area (Å²) in [7, 11) is 1.24. The van der Waals surface area contributed by atoms with Crippen molar-refractivity contribution >= 4 is 11.8 Å². The van der Waals surface area contributed by atoms with Gasteiger partial charge in [0.15, 0.2) is 5.78 Å². The molecule has 0 aromatic carbocycles. The number of carbonyl (C=O) groups excluding carboxylic acids is 2. The van der Waals surface area contributed by atoms with Gasteiger partial charge in [0.1, 0.15) is 5.60 Å². The van der Waals surface area contributed by atoms with Crippen molar-refractivity contribution in [3.05, 3.63) is 0 Å². The summed E-state index contributed by atoms with van der Waals surface area (Å²) < 4.78 is 15.7. The van der Waals surface area contributed by atoms with E-state index in [9.17, 15) is 9.59 Å². The van der Waals surface area contributed by atoms with E-state index in [0.717, 1.165) is 0 Å². The molecule has 2 fully saturated rings. The first kappa shape index (κ1) is 10.6. The first-order valence-electron chi connectivity index (χ1n) is 4.87. The Balaban J connectivity index is 2.47. The van der Waals surface area contributed by atoms with Gasteiger partial charge in [-0.3, -0.25) is 4.79 Å². The lowest BCUT2D eigenvalue weighted by molar-refractivity contribution is -0.244. The Hall–Kier alpha value is -0.940. The zero-order chi connectivity index (χ0) is 11.3. The molecule has 0 aliphatic carbocycles. The number of esters is 1. The van der Waals surface area contributed by atoms with Gasteiger partial charge in [0, 0.05) is 6.42 Å². The van der Waals surface area contributed by atoms with E-state index in [1.807, 2.05) is 0 Å². The van der Waals surface area contributed by atoms with Gasteiger partial charge in [0.05, 0.1) is 19.8 Å².